The van der Waals surface area contributed by atoms with Crippen LogP contribution in [0.1, 0.15) is 0 Å². The topological polar surface area (TPSA) is 77.8 Å². The third kappa shape index (κ3) is 82.1. The normalized spacial score (nSPS) is 9.83. The first-order chi connectivity index (χ1) is 2.00. The van der Waals surface area contributed by atoms with Crippen LogP contribution in [0.5, 0.6) is 0 Å². The van der Waals surface area contributed by atoms with Crippen LogP contribution in [0.2, 0.25) is 0 Å². The maximum atomic E-state index is 8.88. The summed E-state index contributed by atoms with van der Waals surface area (Å²) in [6, 6.07) is 0. The van der Waals surface area contributed by atoms with E-state index in [-0.39, 0.29) is 25.8 Å². The quantitative estimate of drug-likeness (QED) is 0.405. The Hall–Kier alpha value is 0.980. The van der Waals surface area contributed by atoms with E-state index in [1.54, 1.807) is 0 Å². The van der Waals surface area contributed by atoms with Crippen molar-refractivity contribution in [3.63, 3.8) is 0 Å². The summed E-state index contributed by atoms with van der Waals surface area (Å²) in [7, 11) is -4.64. The minimum absolute atomic E-state index is 0. The summed E-state index contributed by atoms with van der Waals surface area (Å²) in [6.45, 7) is 0. The van der Waals surface area contributed by atoms with Crippen LogP contribution in [0, 0.1) is 0 Å². The molecule has 0 radical (unpaired) electrons. The van der Waals surface area contributed by atoms with Crippen molar-refractivity contribution in [3.05, 3.63) is 0 Å². The summed E-state index contributed by atoms with van der Waals surface area (Å²) >= 11 is 0. The molecule has 0 saturated carbocycles. The van der Waals surface area contributed by atoms with Gasteiger partial charge in [-0.25, -0.2) is 4.57 Å². The molecule has 0 bridgehead atoms. The van der Waals surface area contributed by atoms with Crippen LogP contribution in [0.4, 0.5) is 0 Å². The van der Waals surface area contributed by atoms with Crippen molar-refractivity contribution >= 4 is 33.7 Å². The van der Waals surface area contributed by atoms with Gasteiger partial charge in [0.15, 0.2) is 0 Å². The van der Waals surface area contributed by atoms with Gasteiger partial charge in [-0.05, 0) is 0 Å². The fraction of sp³-hybridized carbons (Fsp3) is 0. The Labute approximate surface area is 53.2 Å². The van der Waals surface area contributed by atoms with Gasteiger partial charge in [0.1, 0.15) is 0 Å². The molecule has 0 aliphatic carbocycles. The first-order valence-corrected chi connectivity index (χ1v) is 2.35. The maximum absolute atomic E-state index is 8.88. The van der Waals surface area contributed by atoms with E-state index in [0.717, 1.165) is 0 Å². The monoisotopic (exact) mass is 216 g/mol. The van der Waals surface area contributed by atoms with E-state index in [2.05, 4.69) is 0 Å². The summed E-state index contributed by atoms with van der Waals surface area (Å²) in [5.41, 5.74) is 0. The first kappa shape index (κ1) is 10.1. The van der Waals surface area contributed by atoms with E-state index in [1.165, 1.54) is 0 Å². The van der Waals surface area contributed by atoms with Crippen molar-refractivity contribution < 1.29 is 19.2 Å². The van der Waals surface area contributed by atoms with Crippen LogP contribution in [0.25, 0.3) is 0 Å². The molecule has 0 aromatic carbocycles. The van der Waals surface area contributed by atoms with Gasteiger partial charge in [-0.2, -0.15) is 0 Å². The van der Waals surface area contributed by atoms with E-state index in [9.17, 15) is 0 Å². The summed E-state index contributed by atoms with van der Waals surface area (Å²) < 4.78 is 8.88. The van der Waals surface area contributed by atoms with Crippen molar-refractivity contribution in [2.75, 3.05) is 0 Å². The third-order valence-electron chi connectivity index (χ3n) is 0. The molecular weight excluding hydrogens is 210 g/mol. The molecule has 0 saturated heterocycles. The van der Waals surface area contributed by atoms with Crippen LogP contribution in [0.15, 0.2) is 0 Å². The average Bonchev–Trinajstić information content (AvgIpc) is 0.722. The Morgan fingerprint density at radius 2 is 1.17 bits per heavy atom. The van der Waals surface area contributed by atoms with Crippen LogP contribution in [0.3, 0.4) is 0 Å². The second-order valence-corrected chi connectivity index (χ2v) is 1.54. The molecule has 0 amide bonds. The van der Waals surface area contributed by atoms with E-state index >= 15 is 0 Å². The number of rotatable bonds is 0. The van der Waals surface area contributed by atoms with Crippen LogP contribution >= 0.6 is 7.82 Å². The molecule has 0 rings (SSSR count). The molecule has 0 aromatic heterocycles. The summed E-state index contributed by atoms with van der Waals surface area (Å²) in [4.78, 5) is 21.6. The first-order valence-electron chi connectivity index (χ1n) is 0.783. The molecule has 0 spiro atoms. The molecule has 0 atom stereocenters. The molecule has 0 aromatic rings. The second kappa shape index (κ2) is 3.04. The molecule has 0 aliphatic rings. The van der Waals surface area contributed by atoms with Gasteiger partial charge in [0.2, 0.25) is 0 Å². The van der Waals surface area contributed by atoms with Crippen molar-refractivity contribution in [3.8, 4) is 0 Å². The SMILES string of the molecule is O=P(O)(O)O.[InH3]. The van der Waals surface area contributed by atoms with Gasteiger partial charge >= 0.3 is 33.7 Å². The molecular formula is H6InO4P. The molecule has 0 aliphatic heterocycles. The van der Waals surface area contributed by atoms with Crippen LogP contribution < -0.4 is 0 Å². The van der Waals surface area contributed by atoms with Gasteiger partial charge < -0.3 is 14.7 Å². The summed E-state index contributed by atoms with van der Waals surface area (Å²) in [5, 5.41) is 0. The number of phosphoric acid groups is 1. The minimum atomic E-state index is -4.64. The molecule has 0 heterocycles. The zero-order valence-corrected chi connectivity index (χ0v) is 3.09. The Bertz CT molecular complexity index is 53.7. The van der Waals surface area contributed by atoms with Gasteiger partial charge in [-0.3, -0.25) is 0 Å². The summed E-state index contributed by atoms with van der Waals surface area (Å²) in [6.07, 6.45) is 0. The molecule has 3 N–H and O–H groups in total. The van der Waals surface area contributed by atoms with Crippen molar-refractivity contribution in [2.24, 2.45) is 0 Å². The second-order valence-electron chi connectivity index (χ2n) is 0.513. The zero-order chi connectivity index (χ0) is 4.50. The Kier molecular flexibility index (Phi) is 5.11. The molecule has 38 valence electrons. The van der Waals surface area contributed by atoms with E-state index in [1.807, 2.05) is 0 Å². The molecule has 6 heavy (non-hydrogen) atoms. The third-order valence-corrected chi connectivity index (χ3v) is 0. The standard InChI is InChI=1S/In.H3O4P.3H/c;1-5(2,3)4;;;/h;(H3,1,2,3,4);;;. The molecule has 0 fully saturated rings. The Balaban J connectivity index is 0. The van der Waals surface area contributed by atoms with Crippen LogP contribution in [-0.4, -0.2) is 40.5 Å². The van der Waals surface area contributed by atoms with Gasteiger partial charge in [0.25, 0.3) is 0 Å². The molecule has 0 unspecified atom stereocenters. The van der Waals surface area contributed by atoms with E-state index < -0.39 is 7.82 Å². The van der Waals surface area contributed by atoms with E-state index in [4.69, 9.17) is 19.2 Å². The van der Waals surface area contributed by atoms with Gasteiger partial charge in [-0.1, -0.05) is 0 Å². The number of hydrogen-bond donors (Lipinski definition) is 3. The Morgan fingerprint density at radius 3 is 1.17 bits per heavy atom. The predicted octanol–water partition coefficient (Wildman–Crippen LogP) is -2.11. The van der Waals surface area contributed by atoms with Gasteiger partial charge in [-0.15, -0.1) is 0 Å². The molecule has 6 heteroatoms. The molecule has 4 nitrogen and oxygen atoms in total. The van der Waals surface area contributed by atoms with Gasteiger partial charge in [0.05, 0.1) is 0 Å². The predicted molar refractivity (Wildman–Crippen MR) is 24.2 cm³/mol. The fourth-order valence-corrected chi connectivity index (χ4v) is 0. The summed E-state index contributed by atoms with van der Waals surface area (Å²) in [5.74, 6) is 0. The Morgan fingerprint density at radius 1 is 1.17 bits per heavy atom. The van der Waals surface area contributed by atoms with E-state index in [0.29, 0.717) is 0 Å². The fourth-order valence-electron chi connectivity index (χ4n) is 0. The van der Waals surface area contributed by atoms with Crippen molar-refractivity contribution in [1.82, 2.24) is 0 Å². The van der Waals surface area contributed by atoms with Crippen LogP contribution in [-0.2, 0) is 4.57 Å². The van der Waals surface area contributed by atoms with Crippen molar-refractivity contribution in [1.29, 1.82) is 0 Å². The zero-order valence-electron chi connectivity index (χ0n) is 2.20. The average molecular weight is 216 g/mol. The number of hydrogen-bond acceptors (Lipinski definition) is 1. The van der Waals surface area contributed by atoms with Gasteiger partial charge in [0, 0.05) is 0 Å². The van der Waals surface area contributed by atoms with Crippen molar-refractivity contribution in [2.45, 2.75) is 0 Å².